The Morgan fingerprint density at radius 1 is 1.00 bits per heavy atom. The number of aliphatic hydroxyl groups excluding tert-OH is 1. The van der Waals surface area contributed by atoms with Gasteiger partial charge in [-0.25, -0.2) is 13.2 Å². The first kappa shape index (κ1) is 37.9. The molecule has 1 fully saturated rings. The summed E-state index contributed by atoms with van der Waals surface area (Å²) in [6.07, 6.45) is -1.29. The van der Waals surface area contributed by atoms with Gasteiger partial charge in [0.15, 0.2) is 11.5 Å². The average molecular weight is 724 g/mol. The molecule has 0 aromatic heterocycles. The predicted molar refractivity (Wildman–Crippen MR) is 186 cm³/mol. The molecule has 5 rings (SSSR count). The molecule has 0 unspecified atom stereocenters. The van der Waals surface area contributed by atoms with Gasteiger partial charge in [-0.2, -0.15) is 9.57 Å². The number of ether oxygens (including phenoxy) is 5. The quantitative estimate of drug-likeness (QED) is 0.179. The summed E-state index contributed by atoms with van der Waals surface area (Å²) in [4.78, 5) is 14.0. The van der Waals surface area contributed by atoms with Crippen molar-refractivity contribution < 1.29 is 47.1 Å². The third kappa shape index (κ3) is 10.1. The van der Waals surface area contributed by atoms with Crippen molar-refractivity contribution in [1.82, 2.24) is 9.21 Å². The Morgan fingerprint density at radius 3 is 2.39 bits per heavy atom. The highest BCUT2D eigenvalue weighted by molar-refractivity contribution is 7.89. The summed E-state index contributed by atoms with van der Waals surface area (Å²) in [7, 11) is -4.25. The molecule has 2 aliphatic heterocycles. The Morgan fingerprint density at radius 2 is 1.71 bits per heavy atom. The maximum absolute atomic E-state index is 14.3. The Bertz CT molecular complexity index is 1740. The number of hydrogen-bond donors (Lipinski definition) is 2. The highest BCUT2D eigenvalue weighted by Gasteiger charge is 2.40. The molecule has 274 valence electrons. The van der Waals surface area contributed by atoms with Crippen LogP contribution in [-0.2, 0) is 32.5 Å². The smallest absolute Gasteiger partial charge is 0.408 e. The van der Waals surface area contributed by atoms with Gasteiger partial charge in [0.25, 0.3) is 0 Å². The third-order valence-electron chi connectivity index (χ3n) is 8.94. The average Bonchev–Trinajstić information content (AvgIpc) is 3.60. The number of amides is 1. The Labute approximate surface area is 298 Å². The molecular formula is C37H45N3O10S. The summed E-state index contributed by atoms with van der Waals surface area (Å²) in [5.41, 5.74) is 1.12. The van der Waals surface area contributed by atoms with E-state index in [1.807, 2.05) is 44.2 Å². The zero-order valence-corrected chi connectivity index (χ0v) is 29.7. The lowest BCUT2D eigenvalue weighted by Crippen LogP contribution is -2.59. The predicted octanol–water partition coefficient (Wildman–Crippen LogP) is 5.03. The van der Waals surface area contributed by atoms with Crippen LogP contribution in [-0.4, -0.2) is 92.0 Å². The molecule has 1 saturated heterocycles. The highest BCUT2D eigenvalue weighted by Crippen LogP contribution is 2.36. The van der Waals surface area contributed by atoms with Gasteiger partial charge in [0, 0.05) is 25.6 Å². The van der Waals surface area contributed by atoms with Gasteiger partial charge >= 0.3 is 6.09 Å². The van der Waals surface area contributed by atoms with E-state index in [1.54, 1.807) is 24.3 Å². The van der Waals surface area contributed by atoms with E-state index in [9.17, 15) is 23.4 Å². The highest BCUT2D eigenvalue weighted by atomic mass is 32.2. The van der Waals surface area contributed by atoms with Crippen LogP contribution in [0.3, 0.4) is 0 Å². The second-order valence-corrected chi connectivity index (χ2v) is 15.4. The minimum Gasteiger partial charge on any atom is -0.489 e. The fourth-order valence-corrected chi connectivity index (χ4v) is 7.96. The lowest BCUT2D eigenvalue weighted by Gasteiger charge is -2.41. The zero-order valence-electron chi connectivity index (χ0n) is 28.8. The van der Waals surface area contributed by atoms with Crippen LogP contribution in [0.5, 0.6) is 17.2 Å². The molecule has 2 heterocycles. The van der Waals surface area contributed by atoms with Crippen LogP contribution in [0.1, 0.15) is 44.2 Å². The second kappa shape index (κ2) is 17.2. The van der Waals surface area contributed by atoms with E-state index in [0.29, 0.717) is 42.9 Å². The number of nitriles is 1. The second-order valence-electron chi connectivity index (χ2n) is 13.4. The number of fused-ring (bicyclic) bond motifs is 1. The number of nitrogens with zero attached hydrogens (tertiary/aromatic N) is 3. The van der Waals surface area contributed by atoms with Gasteiger partial charge in [0.1, 0.15) is 19.1 Å². The number of hydrogen-bond acceptors (Lipinski definition) is 10. The number of carboxylic acid groups (broad SMARTS) is 1. The fraction of sp³-hybridized carbons (Fsp3) is 0.459. The van der Waals surface area contributed by atoms with E-state index in [4.69, 9.17) is 28.9 Å². The maximum Gasteiger partial charge on any atom is 0.408 e. The first-order valence-electron chi connectivity index (χ1n) is 16.8. The van der Waals surface area contributed by atoms with Gasteiger partial charge in [0.2, 0.25) is 16.8 Å². The number of aliphatic hydroxyl groups is 1. The first-order valence-corrected chi connectivity index (χ1v) is 18.3. The molecule has 0 saturated carbocycles. The van der Waals surface area contributed by atoms with E-state index in [0.717, 1.165) is 10.5 Å². The Hall–Kier alpha value is -4.39. The number of unbranched alkanes of at least 4 members (excludes halogenated alkanes) is 1. The molecule has 14 heteroatoms. The molecule has 1 amide bonds. The Balaban J connectivity index is 1.44. The van der Waals surface area contributed by atoms with Crippen molar-refractivity contribution in [2.75, 3.05) is 39.9 Å². The summed E-state index contributed by atoms with van der Waals surface area (Å²) in [6.45, 7) is 3.83. The van der Waals surface area contributed by atoms with Crippen LogP contribution < -0.4 is 14.2 Å². The molecule has 3 aromatic rings. The maximum atomic E-state index is 14.3. The molecule has 2 aliphatic rings. The number of rotatable bonds is 17. The van der Waals surface area contributed by atoms with E-state index in [-0.39, 0.29) is 50.4 Å². The molecule has 0 spiro atoms. The number of benzene rings is 3. The Kier molecular flexibility index (Phi) is 12.8. The zero-order chi connectivity index (χ0) is 36.4. The van der Waals surface area contributed by atoms with Crippen molar-refractivity contribution in [2.24, 2.45) is 5.41 Å². The molecule has 3 aromatic carbocycles. The van der Waals surface area contributed by atoms with Gasteiger partial charge < -0.3 is 33.9 Å². The lowest BCUT2D eigenvalue weighted by atomic mass is 9.87. The van der Waals surface area contributed by atoms with Crippen molar-refractivity contribution in [3.63, 3.8) is 0 Å². The summed E-state index contributed by atoms with van der Waals surface area (Å²) in [5, 5.41) is 31.6. The summed E-state index contributed by atoms with van der Waals surface area (Å²) in [6, 6.07) is 21.5. The minimum atomic E-state index is -4.25. The van der Waals surface area contributed by atoms with Crippen LogP contribution in [0.2, 0.25) is 0 Å². The molecule has 13 nitrogen and oxygen atoms in total. The number of carbonyl (C=O) groups is 1. The molecule has 2 N–H and O–H groups in total. The van der Waals surface area contributed by atoms with Crippen molar-refractivity contribution >= 4 is 16.1 Å². The molecule has 0 aliphatic carbocycles. The van der Waals surface area contributed by atoms with E-state index in [2.05, 4.69) is 6.07 Å². The summed E-state index contributed by atoms with van der Waals surface area (Å²) >= 11 is 0. The molecule has 0 radical (unpaired) electrons. The van der Waals surface area contributed by atoms with E-state index in [1.165, 1.54) is 22.5 Å². The van der Waals surface area contributed by atoms with Crippen molar-refractivity contribution in [1.29, 1.82) is 5.26 Å². The van der Waals surface area contributed by atoms with Crippen LogP contribution in [0.15, 0.2) is 77.7 Å². The molecule has 51 heavy (non-hydrogen) atoms. The SMILES string of the molecule is CC(C)(CCCC#N)CN(C[C@@H](O)[C@H](Cc1ccc(OCc2ccccc2)cc1)N(C(=O)O)C1COCOC1)S(=O)(=O)c1ccc2c(c1)OCO2. The van der Waals surface area contributed by atoms with Crippen LogP contribution in [0, 0.1) is 16.7 Å². The van der Waals surface area contributed by atoms with Crippen molar-refractivity contribution in [3.8, 4) is 23.3 Å². The van der Waals surface area contributed by atoms with Gasteiger partial charge in [-0.15, -0.1) is 0 Å². The van der Waals surface area contributed by atoms with Gasteiger partial charge in [0.05, 0.1) is 42.4 Å². The molecule has 2 atom stereocenters. The lowest BCUT2D eigenvalue weighted by molar-refractivity contribution is -0.140. The fourth-order valence-electron chi connectivity index (χ4n) is 6.30. The topological polar surface area (TPSA) is 168 Å². The third-order valence-corrected chi connectivity index (χ3v) is 10.7. The molecule has 0 bridgehead atoms. The number of sulfonamides is 1. The van der Waals surface area contributed by atoms with Gasteiger partial charge in [-0.3, -0.25) is 4.90 Å². The van der Waals surface area contributed by atoms with E-state index < -0.39 is 46.3 Å². The van der Waals surface area contributed by atoms with Crippen LogP contribution in [0.25, 0.3) is 0 Å². The minimum absolute atomic E-state index is 0.00481. The van der Waals surface area contributed by atoms with E-state index >= 15 is 0 Å². The normalized spacial score (nSPS) is 16.0. The monoisotopic (exact) mass is 723 g/mol. The summed E-state index contributed by atoms with van der Waals surface area (Å²) in [5.74, 6) is 1.32. The van der Waals surface area contributed by atoms with Crippen LogP contribution in [0.4, 0.5) is 4.79 Å². The van der Waals surface area contributed by atoms with Crippen molar-refractivity contribution in [3.05, 3.63) is 83.9 Å². The van der Waals surface area contributed by atoms with Crippen LogP contribution >= 0.6 is 0 Å². The summed E-state index contributed by atoms with van der Waals surface area (Å²) < 4.78 is 57.5. The van der Waals surface area contributed by atoms with Gasteiger partial charge in [-0.05, 0) is 60.1 Å². The standard InChI is InChI=1S/C37H45N3O10S/c1-37(2,16-6-7-17-38)24-39(51(44,45)31-14-15-34-35(19-31)50-26-49-34)20-33(41)32(40(36(42)43)29-22-46-25-47-23-29)18-27-10-12-30(13-11-27)48-21-28-8-4-3-5-9-28/h3-5,8-15,19,29,32-33,41H,6-7,16,18,20-26H2,1-2H3,(H,42,43)/t32-,33+/m0/s1. The molecular weight excluding hydrogens is 678 g/mol. The van der Waals surface area contributed by atoms with Crippen molar-refractivity contribution in [2.45, 2.75) is 69.2 Å². The largest absolute Gasteiger partial charge is 0.489 e. The van der Waals surface area contributed by atoms with Gasteiger partial charge in [-0.1, -0.05) is 56.3 Å². The first-order chi connectivity index (χ1) is 24.5.